The molecule has 0 aromatic heterocycles. The average Bonchev–Trinajstić information content (AvgIpc) is 2.48. The van der Waals surface area contributed by atoms with E-state index in [1.165, 1.54) is 11.1 Å². The molecule has 1 aromatic rings. The Morgan fingerprint density at radius 2 is 1.77 bits per heavy atom. The van der Waals surface area contributed by atoms with Gasteiger partial charge in [-0.3, -0.25) is 14.6 Å². The number of likely N-dealkylation sites (N-methyl/N-ethyl adjacent to an activating group) is 1. The highest BCUT2D eigenvalue weighted by Gasteiger charge is 2.19. The molecule has 0 spiro atoms. The normalized spacial score (nSPS) is 17.5. The van der Waals surface area contributed by atoms with Gasteiger partial charge in [-0.25, -0.2) is 0 Å². The number of rotatable bonds is 4. The van der Waals surface area contributed by atoms with Gasteiger partial charge in [-0.15, -0.1) is 0 Å². The summed E-state index contributed by atoms with van der Waals surface area (Å²) >= 11 is 0. The number of amides is 1. The van der Waals surface area contributed by atoms with Gasteiger partial charge in [-0.1, -0.05) is 45.0 Å². The Hall–Kier alpha value is -1.39. The Bertz CT molecular complexity index is 499. The van der Waals surface area contributed by atoms with Crippen molar-refractivity contribution in [2.24, 2.45) is 0 Å². The van der Waals surface area contributed by atoms with Gasteiger partial charge in [0.2, 0.25) is 5.91 Å². The van der Waals surface area contributed by atoms with E-state index in [9.17, 15) is 4.79 Å². The number of carbonyl (C=O) groups excluding carboxylic acids is 1. The number of hydrogen-bond acceptors (Lipinski definition) is 3. The van der Waals surface area contributed by atoms with Gasteiger partial charge in [-0.2, -0.15) is 0 Å². The van der Waals surface area contributed by atoms with Crippen LogP contribution in [-0.4, -0.2) is 55.5 Å². The number of benzene rings is 1. The van der Waals surface area contributed by atoms with E-state index in [4.69, 9.17) is 0 Å². The largest absolute Gasteiger partial charge is 0.358 e. The van der Waals surface area contributed by atoms with Crippen molar-refractivity contribution in [3.8, 4) is 0 Å². The van der Waals surface area contributed by atoms with Gasteiger partial charge in [0.1, 0.15) is 0 Å². The summed E-state index contributed by atoms with van der Waals surface area (Å²) in [6, 6.07) is 8.92. The molecule has 0 unspecified atom stereocenters. The van der Waals surface area contributed by atoms with Gasteiger partial charge >= 0.3 is 0 Å². The van der Waals surface area contributed by atoms with Crippen molar-refractivity contribution in [2.75, 3.05) is 39.8 Å². The van der Waals surface area contributed by atoms with Gasteiger partial charge in [0.15, 0.2) is 0 Å². The van der Waals surface area contributed by atoms with Crippen molar-refractivity contribution < 1.29 is 4.79 Å². The molecule has 1 aliphatic heterocycles. The highest BCUT2D eigenvalue weighted by molar-refractivity contribution is 5.77. The molecule has 122 valence electrons. The second kappa shape index (κ2) is 7.25. The molecule has 1 saturated heterocycles. The van der Waals surface area contributed by atoms with E-state index in [0.29, 0.717) is 6.54 Å². The van der Waals surface area contributed by atoms with Crippen LogP contribution >= 0.6 is 0 Å². The van der Waals surface area contributed by atoms with Crippen LogP contribution in [0.3, 0.4) is 0 Å². The fourth-order valence-electron chi connectivity index (χ4n) is 2.78. The van der Waals surface area contributed by atoms with Crippen molar-refractivity contribution >= 4 is 5.91 Å². The van der Waals surface area contributed by atoms with Crippen LogP contribution in [0.5, 0.6) is 0 Å². The van der Waals surface area contributed by atoms with Crippen LogP contribution in [-0.2, 0) is 16.8 Å². The summed E-state index contributed by atoms with van der Waals surface area (Å²) in [5, 5.41) is 2.69. The topological polar surface area (TPSA) is 35.6 Å². The molecule has 1 fully saturated rings. The van der Waals surface area contributed by atoms with E-state index < -0.39 is 0 Å². The first-order valence-electron chi connectivity index (χ1n) is 8.13. The molecule has 1 amide bonds. The van der Waals surface area contributed by atoms with Crippen LogP contribution < -0.4 is 5.32 Å². The van der Waals surface area contributed by atoms with Crippen molar-refractivity contribution in [3.63, 3.8) is 0 Å². The zero-order chi connectivity index (χ0) is 16.2. The molecule has 1 heterocycles. The lowest BCUT2D eigenvalue weighted by atomic mass is 9.86. The molecule has 22 heavy (non-hydrogen) atoms. The molecule has 4 nitrogen and oxygen atoms in total. The lowest BCUT2D eigenvalue weighted by Crippen LogP contribution is -2.48. The van der Waals surface area contributed by atoms with E-state index in [2.05, 4.69) is 60.2 Å². The van der Waals surface area contributed by atoms with Crippen molar-refractivity contribution in [1.82, 2.24) is 15.1 Å². The fourth-order valence-corrected chi connectivity index (χ4v) is 2.78. The molecule has 1 aliphatic rings. The molecule has 0 bridgehead atoms. The Kier molecular flexibility index (Phi) is 5.59. The minimum atomic E-state index is 0.103. The predicted octanol–water partition coefficient (Wildman–Crippen LogP) is 1.85. The predicted molar refractivity (Wildman–Crippen MR) is 90.9 cm³/mol. The molecule has 1 aromatic carbocycles. The standard InChI is InChI=1S/C18H29N3O/c1-18(2,3)16-7-5-6-15(12-16)13-20-8-10-21(11-9-20)14-17(22)19-4/h5-7,12H,8-11,13-14H2,1-4H3,(H,19,22). The maximum Gasteiger partial charge on any atom is 0.233 e. The van der Waals surface area contributed by atoms with Crippen molar-refractivity contribution in [2.45, 2.75) is 32.7 Å². The first kappa shape index (κ1) is 17.0. The molecule has 4 heteroatoms. The number of hydrogen-bond donors (Lipinski definition) is 1. The number of nitrogens with zero attached hydrogens (tertiary/aromatic N) is 2. The van der Waals surface area contributed by atoms with E-state index in [-0.39, 0.29) is 11.3 Å². The quantitative estimate of drug-likeness (QED) is 0.922. The number of piperazine rings is 1. The SMILES string of the molecule is CNC(=O)CN1CCN(Cc2cccc(C(C)(C)C)c2)CC1. The number of nitrogens with one attached hydrogen (secondary N) is 1. The third-order valence-corrected chi connectivity index (χ3v) is 4.31. The minimum Gasteiger partial charge on any atom is -0.358 e. The van der Waals surface area contributed by atoms with Gasteiger partial charge in [0, 0.05) is 39.8 Å². The maximum absolute atomic E-state index is 11.4. The maximum atomic E-state index is 11.4. The molecule has 0 atom stereocenters. The van der Waals surface area contributed by atoms with Gasteiger partial charge in [-0.05, 0) is 16.5 Å². The molecule has 0 saturated carbocycles. The highest BCUT2D eigenvalue weighted by Crippen LogP contribution is 2.23. The molecule has 0 radical (unpaired) electrons. The lowest BCUT2D eigenvalue weighted by molar-refractivity contribution is -0.122. The van der Waals surface area contributed by atoms with Crippen LogP contribution in [0.1, 0.15) is 31.9 Å². The van der Waals surface area contributed by atoms with Crippen molar-refractivity contribution in [3.05, 3.63) is 35.4 Å². The summed E-state index contributed by atoms with van der Waals surface area (Å²) in [5.74, 6) is 0.103. The molecule has 0 aliphatic carbocycles. The Morgan fingerprint density at radius 1 is 1.14 bits per heavy atom. The zero-order valence-electron chi connectivity index (χ0n) is 14.4. The second-order valence-electron chi connectivity index (χ2n) is 7.18. The summed E-state index contributed by atoms with van der Waals surface area (Å²) in [6.45, 7) is 12.3. The lowest BCUT2D eigenvalue weighted by Gasteiger charge is -2.34. The minimum absolute atomic E-state index is 0.103. The van der Waals surface area contributed by atoms with Crippen molar-refractivity contribution in [1.29, 1.82) is 0 Å². The first-order valence-corrected chi connectivity index (χ1v) is 8.13. The van der Waals surface area contributed by atoms with Gasteiger partial charge in [0.25, 0.3) is 0 Å². The third kappa shape index (κ3) is 4.82. The van der Waals surface area contributed by atoms with Gasteiger partial charge < -0.3 is 5.32 Å². The number of carbonyl (C=O) groups is 1. The van der Waals surface area contributed by atoms with Crippen LogP contribution in [0.4, 0.5) is 0 Å². The third-order valence-electron chi connectivity index (χ3n) is 4.31. The van der Waals surface area contributed by atoms with E-state index >= 15 is 0 Å². The first-order chi connectivity index (χ1) is 10.4. The fraction of sp³-hybridized carbons (Fsp3) is 0.611. The summed E-state index contributed by atoms with van der Waals surface area (Å²) in [7, 11) is 1.70. The Morgan fingerprint density at radius 3 is 2.36 bits per heavy atom. The second-order valence-corrected chi connectivity index (χ2v) is 7.18. The smallest absolute Gasteiger partial charge is 0.233 e. The summed E-state index contributed by atoms with van der Waals surface area (Å²) in [5.41, 5.74) is 2.97. The average molecular weight is 303 g/mol. The van der Waals surface area contributed by atoms with E-state index in [1.54, 1.807) is 7.05 Å². The zero-order valence-corrected chi connectivity index (χ0v) is 14.4. The summed E-state index contributed by atoms with van der Waals surface area (Å²) in [6.07, 6.45) is 0. The summed E-state index contributed by atoms with van der Waals surface area (Å²) in [4.78, 5) is 16.1. The molecular formula is C18H29N3O. The molecule has 2 rings (SSSR count). The monoisotopic (exact) mass is 303 g/mol. The highest BCUT2D eigenvalue weighted by atomic mass is 16.1. The Labute approximate surface area is 134 Å². The Balaban J connectivity index is 1.87. The van der Waals surface area contributed by atoms with E-state index in [1.807, 2.05) is 0 Å². The van der Waals surface area contributed by atoms with Gasteiger partial charge in [0.05, 0.1) is 6.54 Å². The molecule has 1 N–H and O–H groups in total. The summed E-state index contributed by atoms with van der Waals surface area (Å²) < 4.78 is 0. The van der Waals surface area contributed by atoms with Crippen LogP contribution in [0.25, 0.3) is 0 Å². The van der Waals surface area contributed by atoms with Crippen LogP contribution in [0.2, 0.25) is 0 Å². The van der Waals surface area contributed by atoms with Crippen LogP contribution in [0, 0.1) is 0 Å². The van der Waals surface area contributed by atoms with E-state index in [0.717, 1.165) is 32.7 Å². The molecular weight excluding hydrogens is 274 g/mol. The van der Waals surface area contributed by atoms with Crippen LogP contribution in [0.15, 0.2) is 24.3 Å².